The fourth-order valence-corrected chi connectivity index (χ4v) is 2.86. The molecule has 0 fully saturated rings. The summed E-state index contributed by atoms with van der Waals surface area (Å²) < 4.78 is 10.6. The summed E-state index contributed by atoms with van der Waals surface area (Å²) in [6.07, 6.45) is 0. The van der Waals surface area contributed by atoms with Crippen molar-refractivity contribution in [2.45, 2.75) is 13.5 Å². The third kappa shape index (κ3) is 2.78. The van der Waals surface area contributed by atoms with Crippen LogP contribution in [0, 0.1) is 6.92 Å². The summed E-state index contributed by atoms with van der Waals surface area (Å²) in [5, 5.41) is 6.57. The molecule has 0 atom stereocenters. The molecule has 0 saturated heterocycles. The molecule has 1 amide bonds. The Morgan fingerprint density at radius 1 is 1.38 bits per heavy atom. The first-order valence-corrected chi connectivity index (χ1v) is 7.31. The Labute approximate surface area is 126 Å². The number of carbonyl (C=O) groups is 1. The standard InChI is InChI=1S/C14H15N3O3S/c1-8-12(21-14(15-2)17-8)13(18)16-6-9-3-4-10-11(5-9)20-7-19-10/h3-5H,6-7H2,1-2H3,(H,15,17)(H,16,18). The second kappa shape index (κ2) is 5.61. The normalized spacial score (nSPS) is 12.3. The summed E-state index contributed by atoms with van der Waals surface area (Å²) in [4.78, 5) is 17.1. The van der Waals surface area contributed by atoms with Crippen molar-refractivity contribution in [2.24, 2.45) is 0 Å². The molecule has 0 saturated carbocycles. The van der Waals surface area contributed by atoms with Crippen molar-refractivity contribution in [3.63, 3.8) is 0 Å². The summed E-state index contributed by atoms with van der Waals surface area (Å²) in [6, 6.07) is 5.63. The SMILES string of the molecule is CNc1nc(C)c(C(=O)NCc2ccc3c(c2)OCO3)s1. The van der Waals surface area contributed by atoms with Crippen LogP contribution in [0.5, 0.6) is 11.5 Å². The van der Waals surface area contributed by atoms with Crippen LogP contribution in [-0.4, -0.2) is 24.7 Å². The summed E-state index contributed by atoms with van der Waals surface area (Å²) in [7, 11) is 1.78. The van der Waals surface area contributed by atoms with Gasteiger partial charge in [0.2, 0.25) is 6.79 Å². The van der Waals surface area contributed by atoms with Crippen LogP contribution in [0.15, 0.2) is 18.2 Å². The van der Waals surface area contributed by atoms with Gasteiger partial charge in [0.1, 0.15) is 4.88 Å². The molecule has 21 heavy (non-hydrogen) atoms. The first-order valence-electron chi connectivity index (χ1n) is 6.49. The number of ether oxygens (including phenoxy) is 2. The molecule has 0 spiro atoms. The lowest BCUT2D eigenvalue weighted by molar-refractivity contribution is 0.0954. The molecule has 0 unspecified atom stereocenters. The number of amides is 1. The average molecular weight is 305 g/mol. The van der Waals surface area contributed by atoms with Crippen LogP contribution in [0.25, 0.3) is 0 Å². The highest BCUT2D eigenvalue weighted by molar-refractivity contribution is 7.17. The van der Waals surface area contributed by atoms with Crippen molar-refractivity contribution in [3.05, 3.63) is 34.3 Å². The smallest absolute Gasteiger partial charge is 0.263 e. The molecule has 0 radical (unpaired) electrons. The van der Waals surface area contributed by atoms with Crippen molar-refractivity contribution < 1.29 is 14.3 Å². The van der Waals surface area contributed by atoms with E-state index in [2.05, 4.69) is 15.6 Å². The van der Waals surface area contributed by atoms with Gasteiger partial charge >= 0.3 is 0 Å². The van der Waals surface area contributed by atoms with Gasteiger partial charge in [0.15, 0.2) is 16.6 Å². The number of carbonyl (C=O) groups excluding carboxylic acids is 1. The Hall–Kier alpha value is -2.28. The summed E-state index contributed by atoms with van der Waals surface area (Å²) in [5.74, 6) is 1.33. The predicted molar refractivity (Wildman–Crippen MR) is 80.1 cm³/mol. The molecular formula is C14H15N3O3S. The van der Waals surface area contributed by atoms with E-state index in [4.69, 9.17) is 9.47 Å². The van der Waals surface area contributed by atoms with E-state index in [0.29, 0.717) is 17.2 Å². The van der Waals surface area contributed by atoms with Gasteiger partial charge in [0, 0.05) is 13.6 Å². The highest BCUT2D eigenvalue weighted by Crippen LogP contribution is 2.32. The molecule has 110 valence electrons. The second-order valence-electron chi connectivity index (χ2n) is 4.55. The van der Waals surface area contributed by atoms with Gasteiger partial charge in [-0.05, 0) is 24.6 Å². The lowest BCUT2D eigenvalue weighted by Crippen LogP contribution is -2.22. The molecule has 1 aromatic heterocycles. The van der Waals surface area contributed by atoms with E-state index in [1.807, 2.05) is 25.1 Å². The van der Waals surface area contributed by atoms with Crippen molar-refractivity contribution in [2.75, 3.05) is 19.2 Å². The number of hydrogen-bond donors (Lipinski definition) is 2. The number of nitrogens with one attached hydrogen (secondary N) is 2. The van der Waals surface area contributed by atoms with Crippen LogP contribution in [0.4, 0.5) is 5.13 Å². The maximum atomic E-state index is 12.2. The van der Waals surface area contributed by atoms with Gasteiger partial charge in [-0.25, -0.2) is 4.98 Å². The van der Waals surface area contributed by atoms with Crippen LogP contribution in [-0.2, 0) is 6.54 Å². The zero-order valence-corrected chi connectivity index (χ0v) is 12.5. The zero-order valence-electron chi connectivity index (χ0n) is 11.7. The molecule has 1 aliphatic heterocycles. The maximum Gasteiger partial charge on any atom is 0.263 e. The average Bonchev–Trinajstić information content (AvgIpc) is 3.10. The fourth-order valence-electron chi connectivity index (χ4n) is 2.03. The monoisotopic (exact) mass is 305 g/mol. The second-order valence-corrected chi connectivity index (χ2v) is 5.55. The van der Waals surface area contributed by atoms with E-state index in [0.717, 1.165) is 22.1 Å². The summed E-state index contributed by atoms with van der Waals surface area (Å²) in [6.45, 7) is 2.51. The van der Waals surface area contributed by atoms with E-state index in [1.165, 1.54) is 11.3 Å². The molecule has 0 bridgehead atoms. The molecule has 1 aromatic carbocycles. The Morgan fingerprint density at radius 3 is 2.95 bits per heavy atom. The van der Waals surface area contributed by atoms with Crippen molar-refractivity contribution in [3.8, 4) is 11.5 Å². The van der Waals surface area contributed by atoms with Crippen LogP contribution in [0.2, 0.25) is 0 Å². The third-order valence-corrected chi connectivity index (χ3v) is 4.28. The molecular weight excluding hydrogens is 290 g/mol. The molecule has 1 aliphatic rings. The van der Waals surface area contributed by atoms with E-state index >= 15 is 0 Å². The molecule has 2 N–H and O–H groups in total. The lowest BCUT2D eigenvalue weighted by atomic mass is 10.2. The van der Waals surface area contributed by atoms with Gasteiger partial charge in [0.05, 0.1) is 5.69 Å². The Balaban J connectivity index is 1.67. The number of rotatable bonds is 4. The number of fused-ring (bicyclic) bond motifs is 1. The molecule has 0 aliphatic carbocycles. The van der Waals surface area contributed by atoms with Gasteiger partial charge in [-0.1, -0.05) is 17.4 Å². The zero-order chi connectivity index (χ0) is 14.8. The Kier molecular flexibility index (Phi) is 3.66. The topological polar surface area (TPSA) is 72.5 Å². The number of anilines is 1. The fraction of sp³-hybridized carbons (Fsp3) is 0.286. The quantitative estimate of drug-likeness (QED) is 0.905. The molecule has 3 rings (SSSR count). The minimum Gasteiger partial charge on any atom is -0.454 e. The first kappa shape index (κ1) is 13.7. The summed E-state index contributed by atoms with van der Waals surface area (Å²) in [5.41, 5.74) is 1.69. The number of aromatic nitrogens is 1. The van der Waals surface area contributed by atoms with Crippen LogP contribution >= 0.6 is 11.3 Å². The van der Waals surface area contributed by atoms with E-state index in [-0.39, 0.29) is 12.7 Å². The number of thiazole rings is 1. The lowest BCUT2D eigenvalue weighted by Gasteiger charge is -2.05. The van der Waals surface area contributed by atoms with Gasteiger partial charge in [-0.15, -0.1) is 0 Å². The van der Waals surface area contributed by atoms with Crippen molar-refractivity contribution in [1.82, 2.24) is 10.3 Å². The van der Waals surface area contributed by atoms with Gasteiger partial charge < -0.3 is 20.1 Å². The molecule has 2 aromatic rings. The number of aryl methyl sites for hydroxylation is 1. The van der Waals surface area contributed by atoms with Gasteiger partial charge in [0.25, 0.3) is 5.91 Å². The third-order valence-electron chi connectivity index (χ3n) is 3.11. The van der Waals surface area contributed by atoms with Gasteiger partial charge in [-0.3, -0.25) is 4.79 Å². The van der Waals surface area contributed by atoms with E-state index < -0.39 is 0 Å². The highest BCUT2D eigenvalue weighted by atomic mass is 32.1. The van der Waals surface area contributed by atoms with Crippen LogP contribution in [0.3, 0.4) is 0 Å². The Bertz CT molecular complexity index is 684. The molecule has 6 nitrogen and oxygen atoms in total. The first-order chi connectivity index (χ1) is 10.2. The van der Waals surface area contributed by atoms with Crippen molar-refractivity contribution in [1.29, 1.82) is 0 Å². The number of benzene rings is 1. The van der Waals surface area contributed by atoms with Gasteiger partial charge in [-0.2, -0.15) is 0 Å². The van der Waals surface area contributed by atoms with E-state index in [1.54, 1.807) is 7.05 Å². The minimum atomic E-state index is -0.121. The molecule has 2 heterocycles. The van der Waals surface area contributed by atoms with E-state index in [9.17, 15) is 4.79 Å². The largest absolute Gasteiger partial charge is 0.454 e. The van der Waals surface area contributed by atoms with Crippen molar-refractivity contribution >= 4 is 22.4 Å². The van der Waals surface area contributed by atoms with Crippen LogP contribution in [0.1, 0.15) is 20.9 Å². The minimum absolute atomic E-state index is 0.121. The summed E-state index contributed by atoms with van der Waals surface area (Å²) >= 11 is 1.34. The maximum absolute atomic E-state index is 12.2. The van der Waals surface area contributed by atoms with Crippen LogP contribution < -0.4 is 20.1 Å². The molecule has 7 heteroatoms. The number of hydrogen-bond acceptors (Lipinski definition) is 6. The highest BCUT2D eigenvalue weighted by Gasteiger charge is 2.16. The predicted octanol–water partition coefficient (Wildman–Crippen LogP) is 2.15. The Morgan fingerprint density at radius 2 is 2.19 bits per heavy atom. The number of nitrogens with zero attached hydrogens (tertiary/aromatic N) is 1.